The Kier molecular flexibility index (Phi) is 6.57. The molecule has 1 saturated carbocycles. The van der Waals surface area contributed by atoms with E-state index in [9.17, 15) is 8.78 Å². The number of amidine groups is 1. The van der Waals surface area contributed by atoms with Gasteiger partial charge in [0.2, 0.25) is 0 Å². The molecule has 0 bridgehead atoms. The van der Waals surface area contributed by atoms with Crippen LogP contribution in [0.5, 0.6) is 0 Å². The molecule has 154 valence electrons. The number of halogens is 2. The Labute approximate surface area is 166 Å². The molecule has 0 spiro atoms. The second-order valence-corrected chi connectivity index (χ2v) is 7.93. The maximum Gasteiger partial charge on any atom is 0.270 e. The van der Waals surface area contributed by atoms with E-state index in [0.717, 1.165) is 31.5 Å². The third-order valence-electron chi connectivity index (χ3n) is 5.82. The SMILES string of the molecule is COC1=C(c2cccc(C(C)(F)F)c2)N(CCC2CCCCC2)CCNC1=N. The fraction of sp³-hybridized carbons (Fsp3) is 0.591. The van der Waals surface area contributed by atoms with E-state index in [-0.39, 0.29) is 11.4 Å². The first-order valence-corrected chi connectivity index (χ1v) is 10.2. The Hall–Kier alpha value is -2.11. The van der Waals surface area contributed by atoms with E-state index in [1.54, 1.807) is 6.07 Å². The first-order chi connectivity index (χ1) is 13.4. The van der Waals surface area contributed by atoms with Crippen molar-refractivity contribution in [3.05, 3.63) is 41.2 Å². The molecule has 0 saturated heterocycles. The molecule has 1 aliphatic heterocycles. The minimum absolute atomic E-state index is 0.0241. The molecule has 1 aromatic rings. The van der Waals surface area contributed by atoms with Crippen LogP contribution < -0.4 is 5.32 Å². The van der Waals surface area contributed by atoms with Gasteiger partial charge in [-0.25, -0.2) is 8.78 Å². The van der Waals surface area contributed by atoms with Gasteiger partial charge in [0.15, 0.2) is 11.6 Å². The van der Waals surface area contributed by atoms with E-state index in [4.69, 9.17) is 10.1 Å². The highest BCUT2D eigenvalue weighted by molar-refractivity contribution is 6.01. The van der Waals surface area contributed by atoms with Gasteiger partial charge in [0.1, 0.15) is 0 Å². The third kappa shape index (κ3) is 4.83. The lowest BCUT2D eigenvalue weighted by atomic mass is 9.87. The summed E-state index contributed by atoms with van der Waals surface area (Å²) in [4.78, 5) is 2.20. The predicted molar refractivity (Wildman–Crippen MR) is 108 cm³/mol. The summed E-state index contributed by atoms with van der Waals surface area (Å²) in [6.07, 6.45) is 7.56. The quantitative estimate of drug-likeness (QED) is 0.720. The Morgan fingerprint density at radius 2 is 2.00 bits per heavy atom. The average Bonchev–Trinajstić information content (AvgIpc) is 2.84. The Morgan fingerprint density at radius 3 is 2.68 bits per heavy atom. The highest BCUT2D eigenvalue weighted by atomic mass is 19.3. The molecular weight excluding hydrogens is 360 g/mol. The molecule has 3 rings (SSSR count). The van der Waals surface area contributed by atoms with Crippen molar-refractivity contribution in [2.24, 2.45) is 5.92 Å². The van der Waals surface area contributed by atoms with Gasteiger partial charge in [0.25, 0.3) is 5.92 Å². The summed E-state index contributed by atoms with van der Waals surface area (Å²) in [5.74, 6) is -1.57. The van der Waals surface area contributed by atoms with Crippen LogP contribution >= 0.6 is 0 Å². The summed E-state index contributed by atoms with van der Waals surface area (Å²) in [6, 6.07) is 6.46. The third-order valence-corrected chi connectivity index (χ3v) is 5.82. The molecule has 0 amide bonds. The van der Waals surface area contributed by atoms with Crippen LogP contribution in [0.15, 0.2) is 30.0 Å². The van der Waals surface area contributed by atoms with Gasteiger partial charge in [-0.2, -0.15) is 0 Å². The van der Waals surface area contributed by atoms with Crippen LogP contribution in [0.3, 0.4) is 0 Å². The number of rotatable bonds is 6. The Morgan fingerprint density at radius 1 is 1.25 bits per heavy atom. The number of ether oxygens (including phenoxy) is 1. The molecule has 2 N–H and O–H groups in total. The smallest absolute Gasteiger partial charge is 0.270 e. The molecule has 0 aromatic heterocycles. The van der Waals surface area contributed by atoms with Crippen molar-refractivity contribution in [2.75, 3.05) is 26.7 Å². The normalized spacial score (nSPS) is 19.4. The number of methoxy groups -OCH3 is 1. The van der Waals surface area contributed by atoms with Gasteiger partial charge < -0.3 is 15.0 Å². The second kappa shape index (κ2) is 8.93. The number of alkyl halides is 2. The lowest BCUT2D eigenvalue weighted by Gasteiger charge is -2.30. The zero-order valence-electron chi connectivity index (χ0n) is 16.9. The average molecular weight is 392 g/mol. The fourth-order valence-electron chi connectivity index (χ4n) is 4.26. The standard InChI is InChI=1S/C22H31F2N3O/c1-22(23,24)18-10-6-9-17(15-18)19-20(28-2)21(25)26-12-14-27(19)13-11-16-7-4-3-5-8-16/h6,9-10,15-16H,3-5,7-8,11-14H2,1-2H3,(H2,25,26). The molecule has 1 aromatic carbocycles. The van der Waals surface area contributed by atoms with Crippen molar-refractivity contribution in [3.8, 4) is 0 Å². The largest absolute Gasteiger partial charge is 0.491 e. The van der Waals surface area contributed by atoms with Crippen molar-refractivity contribution in [1.82, 2.24) is 10.2 Å². The second-order valence-electron chi connectivity index (χ2n) is 7.93. The summed E-state index contributed by atoms with van der Waals surface area (Å²) in [6.45, 7) is 3.09. The number of nitrogens with one attached hydrogen (secondary N) is 2. The van der Waals surface area contributed by atoms with Gasteiger partial charge in [-0.15, -0.1) is 0 Å². The maximum absolute atomic E-state index is 13.9. The van der Waals surface area contributed by atoms with Gasteiger partial charge in [-0.3, -0.25) is 5.41 Å². The van der Waals surface area contributed by atoms with Crippen molar-refractivity contribution in [3.63, 3.8) is 0 Å². The summed E-state index contributed by atoms with van der Waals surface area (Å²) in [5.41, 5.74) is 1.39. The van der Waals surface area contributed by atoms with Crippen LogP contribution in [0.4, 0.5) is 8.78 Å². The van der Waals surface area contributed by atoms with Crippen LogP contribution in [0.25, 0.3) is 5.70 Å². The Balaban J connectivity index is 1.93. The topological polar surface area (TPSA) is 48.4 Å². The van der Waals surface area contributed by atoms with E-state index in [1.165, 1.54) is 51.3 Å². The van der Waals surface area contributed by atoms with Gasteiger partial charge in [0.05, 0.1) is 12.8 Å². The van der Waals surface area contributed by atoms with Crippen molar-refractivity contribution >= 4 is 11.5 Å². The minimum atomic E-state index is -2.91. The molecule has 0 radical (unpaired) electrons. The van der Waals surface area contributed by atoms with Crippen LogP contribution in [0.1, 0.15) is 56.6 Å². The van der Waals surface area contributed by atoms with Crippen LogP contribution in [-0.2, 0) is 10.7 Å². The van der Waals surface area contributed by atoms with E-state index >= 15 is 0 Å². The monoisotopic (exact) mass is 391 g/mol. The Bertz CT molecular complexity index is 721. The molecule has 2 aliphatic rings. The first kappa shape index (κ1) is 20.6. The molecular formula is C22H31F2N3O. The van der Waals surface area contributed by atoms with Gasteiger partial charge in [0, 0.05) is 37.7 Å². The number of nitrogens with zero attached hydrogens (tertiary/aromatic N) is 1. The molecule has 0 unspecified atom stereocenters. The van der Waals surface area contributed by atoms with Crippen molar-refractivity contribution in [2.45, 2.75) is 51.4 Å². The lowest BCUT2D eigenvalue weighted by Crippen LogP contribution is -2.30. The van der Waals surface area contributed by atoms with Crippen LogP contribution in [0.2, 0.25) is 0 Å². The van der Waals surface area contributed by atoms with E-state index in [0.29, 0.717) is 24.4 Å². The number of hydrogen-bond acceptors (Lipinski definition) is 3. The van der Waals surface area contributed by atoms with Gasteiger partial charge in [-0.05, 0) is 18.4 Å². The molecule has 1 aliphatic carbocycles. The predicted octanol–water partition coefficient (Wildman–Crippen LogP) is 4.97. The number of hydrogen-bond donors (Lipinski definition) is 2. The molecule has 1 fully saturated rings. The minimum Gasteiger partial charge on any atom is -0.491 e. The van der Waals surface area contributed by atoms with Gasteiger partial charge >= 0.3 is 0 Å². The molecule has 0 atom stereocenters. The summed E-state index contributed by atoms with van der Waals surface area (Å²) in [5, 5.41) is 11.4. The van der Waals surface area contributed by atoms with E-state index < -0.39 is 5.92 Å². The zero-order valence-corrected chi connectivity index (χ0v) is 16.9. The summed E-state index contributed by atoms with van der Waals surface area (Å²) < 4.78 is 33.4. The summed E-state index contributed by atoms with van der Waals surface area (Å²) in [7, 11) is 1.54. The van der Waals surface area contributed by atoms with Crippen molar-refractivity contribution in [1.29, 1.82) is 5.41 Å². The fourth-order valence-corrected chi connectivity index (χ4v) is 4.26. The van der Waals surface area contributed by atoms with E-state index in [2.05, 4.69) is 10.2 Å². The lowest BCUT2D eigenvalue weighted by molar-refractivity contribution is 0.0174. The van der Waals surface area contributed by atoms with Crippen molar-refractivity contribution < 1.29 is 13.5 Å². The first-order valence-electron chi connectivity index (χ1n) is 10.2. The van der Waals surface area contributed by atoms with Crippen LogP contribution in [-0.4, -0.2) is 37.5 Å². The highest BCUT2D eigenvalue weighted by Crippen LogP contribution is 2.33. The molecule has 28 heavy (non-hydrogen) atoms. The molecule has 1 heterocycles. The maximum atomic E-state index is 13.9. The van der Waals surface area contributed by atoms with Crippen LogP contribution in [0, 0.1) is 11.3 Å². The molecule has 6 heteroatoms. The summed E-state index contributed by atoms with van der Waals surface area (Å²) >= 11 is 0. The number of benzene rings is 1. The van der Waals surface area contributed by atoms with Gasteiger partial charge in [-0.1, -0.05) is 50.3 Å². The highest BCUT2D eigenvalue weighted by Gasteiger charge is 2.28. The molecule has 4 nitrogen and oxygen atoms in total. The van der Waals surface area contributed by atoms with E-state index in [1.807, 2.05) is 6.07 Å². The zero-order chi connectivity index (χ0) is 20.1.